The summed E-state index contributed by atoms with van der Waals surface area (Å²) in [6, 6.07) is 23.3. The number of anilines is 1. The average molecular weight is 440 g/mol. The zero-order valence-corrected chi connectivity index (χ0v) is 19.0. The van der Waals surface area contributed by atoms with E-state index in [1.165, 1.54) is 13.8 Å². The second-order valence-corrected chi connectivity index (χ2v) is 8.00. The maximum absolute atomic E-state index is 12.1. The number of rotatable bonds is 5. The number of carbonyl (C=O) groups is 2. The van der Waals surface area contributed by atoms with Crippen LogP contribution in [0.1, 0.15) is 25.0 Å². The number of carbonyl (C=O) groups excluding carboxylic acids is 2. The van der Waals surface area contributed by atoms with Crippen molar-refractivity contribution in [3.8, 4) is 34.0 Å². The first-order valence-electron chi connectivity index (χ1n) is 10.7. The molecular formula is C27H25N3O3. The van der Waals surface area contributed by atoms with Gasteiger partial charge in [-0.3, -0.25) is 9.59 Å². The molecule has 0 radical (unpaired) electrons. The number of amides is 1. The summed E-state index contributed by atoms with van der Waals surface area (Å²) < 4.78 is 7.41. The lowest BCUT2D eigenvalue weighted by atomic mass is 10.00. The van der Waals surface area contributed by atoms with Crippen LogP contribution in [-0.4, -0.2) is 21.7 Å². The number of hydrogen-bond acceptors (Lipinski definition) is 4. The molecule has 0 spiro atoms. The minimum absolute atomic E-state index is 0.143. The van der Waals surface area contributed by atoms with Gasteiger partial charge in [0.1, 0.15) is 5.69 Å². The Morgan fingerprint density at radius 2 is 1.52 bits per heavy atom. The van der Waals surface area contributed by atoms with Crippen LogP contribution in [0, 0.1) is 13.8 Å². The maximum atomic E-state index is 12.1. The van der Waals surface area contributed by atoms with Gasteiger partial charge in [-0.1, -0.05) is 48.0 Å². The minimum Gasteiger partial charge on any atom is -0.407 e. The summed E-state index contributed by atoms with van der Waals surface area (Å²) in [6.45, 7) is 6.87. The van der Waals surface area contributed by atoms with Crippen LogP contribution in [0.25, 0.3) is 28.1 Å². The Morgan fingerprint density at radius 1 is 0.848 bits per heavy atom. The van der Waals surface area contributed by atoms with Crippen LogP contribution in [0.2, 0.25) is 0 Å². The zero-order valence-electron chi connectivity index (χ0n) is 19.0. The molecule has 4 rings (SSSR count). The topological polar surface area (TPSA) is 73.2 Å². The lowest BCUT2D eigenvalue weighted by molar-refractivity contribution is -0.132. The Kier molecular flexibility index (Phi) is 6.09. The monoisotopic (exact) mass is 439 g/mol. The molecule has 1 heterocycles. The van der Waals surface area contributed by atoms with E-state index in [0.717, 1.165) is 27.9 Å². The predicted molar refractivity (Wildman–Crippen MR) is 130 cm³/mol. The molecule has 0 bridgehead atoms. The molecule has 0 saturated carbocycles. The van der Waals surface area contributed by atoms with Crippen LogP contribution in [0.3, 0.4) is 0 Å². The van der Waals surface area contributed by atoms with E-state index >= 15 is 0 Å². The van der Waals surface area contributed by atoms with Gasteiger partial charge >= 0.3 is 5.97 Å². The number of ether oxygens (including phenoxy) is 1. The van der Waals surface area contributed by atoms with Gasteiger partial charge in [-0.05, 0) is 55.3 Å². The van der Waals surface area contributed by atoms with E-state index in [0.29, 0.717) is 22.8 Å². The van der Waals surface area contributed by atoms with Crippen molar-refractivity contribution in [3.63, 3.8) is 0 Å². The molecule has 0 aliphatic rings. The number of hydrogen-bond donors (Lipinski definition) is 1. The van der Waals surface area contributed by atoms with E-state index in [4.69, 9.17) is 9.84 Å². The van der Waals surface area contributed by atoms with E-state index in [1.54, 1.807) is 4.68 Å². The summed E-state index contributed by atoms with van der Waals surface area (Å²) in [7, 11) is 0. The number of nitrogens with zero attached hydrogens (tertiary/aromatic N) is 2. The first-order chi connectivity index (χ1) is 15.8. The molecule has 1 amide bonds. The number of esters is 1. The van der Waals surface area contributed by atoms with Crippen LogP contribution in [-0.2, 0) is 9.59 Å². The molecule has 33 heavy (non-hydrogen) atoms. The van der Waals surface area contributed by atoms with E-state index in [2.05, 4.69) is 11.4 Å². The third-order valence-corrected chi connectivity index (χ3v) is 5.12. The van der Waals surface area contributed by atoms with E-state index < -0.39 is 5.97 Å². The van der Waals surface area contributed by atoms with Gasteiger partial charge in [-0.15, -0.1) is 0 Å². The lowest BCUT2D eigenvalue weighted by Crippen LogP contribution is -2.08. The Morgan fingerprint density at radius 3 is 2.12 bits per heavy atom. The summed E-state index contributed by atoms with van der Waals surface area (Å²) in [5.41, 5.74) is 6.76. The Bertz CT molecular complexity index is 1340. The van der Waals surface area contributed by atoms with Crippen molar-refractivity contribution in [2.75, 3.05) is 5.32 Å². The summed E-state index contributed by atoms with van der Waals surface area (Å²) in [4.78, 5) is 23.5. The number of aromatic nitrogens is 2. The van der Waals surface area contributed by atoms with E-state index in [-0.39, 0.29) is 5.91 Å². The summed E-state index contributed by atoms with van der Waals surface area (Å²) in [5.74, 6) is -0.233. The second kappa shape index (κ2) is 9.12. The molecule has 3 aromatic carbocycles. The number of nitrogens with one attached hydrogen (secondary N) is 1. The Labute approximate surface area is 192 Å². The van der Waals surface area contributed by atoms with Crippen molar-refractivity contribution >= 4 is 17.6 Å². The highest BCUT2D eigenvalue weighted by atomic mass is 16.5. The molecule has 0 aliphatic heterocycles. The van der Waals surface area contributed by atoms with Gasteiger partial charge in [0.25, 0.3) is 0 Å². The smallest absolute Gasteiger partial charge is 0.309 e. The van der Waals surface area contributed by atoms with Gasteiger partial charge in [0.2, 0.25) is 11.8 Å². The molecule has 6 heteroatoms. The largest absolute Gasteiger partial charge is 0.407 e. The van der Waals surface area contributed by atoms with Crippen LogP contribution in [0.15, 0.2) is 72.8 Å². The highest BCUT2D eigenvalue weighted by Crippen LogP contribution is 2.41. The fraction of sp³-hybridized carbons (Fsp3) is 0.148. The van der Waals surface area contributed by atoms with Crippen molar-refractivity contribution in [1.82, 2.24) is 9.78 Å². The predicted octanol–water partition coefficient (Wildman–Crippen LogP) is 5.71. The molecule has 6 nitrogen and oxygen atoms in total. The van der Waals surface area contributed by atoms with Gasteiger partial charge < -0.3 is 10.1 Å². The third kappa shape index (κ3) is 4.85. The van der Waals surface area contributed by atoms with Gasteiger partial charge in [-0.2, -0.15) is 9.78 Å². The quantitative estimate of drug-likeness (QED) is 0.405. The first-order valence-corrected chi connectivity index (χ1v) is 10.7. The summed E-state index contributed by atoms with van der Waals surface area (Å²) in [6.07, 6.45) is 0. The zero-order chi connectivity index (χ0) is 23.5. The molecular weight excluding hydrogens is 414 g/mol. The van der Waals surface area contributed by atoms with Gasteiger partial charge in [0.15, 0.2) is 0 Å². The highest BCUT2D eigenvalue weighted by Gasteiger charge is 2.24. The van der Waals surface area contributed by atoms with Gasteiger partial charge in [-0.25, -0.2) is 0 Å². The molecule has 1 aromatic heterocycles. The second-order valence-electron chi connectivity index (χ2n) is 8.00. The number of benzene rings is 3. The normalized spacial score (nSPS) is 10.7. The maximum Gasteiger partial charge on any atom is 0.309 e. The van der Waals surface area contributed by atoms with Crippen LogP contribution in [0.5, 0.6) is 5.88 Å². The third-order valence-electron chi connectivity index (χ3n) is 5.12. The SMILES string of the molecule is CC(=O)Nc1ccc(-c2c(-c3cccc(C)c3)nn(-c3cccc(C)c3)c2OC(C)=O)cc1. The van der Waals surface area contributed by atoms with Crippen molar-refractivity contribution in [2.45, 2.75) is 27.7 Å². The van der Waals surface area contributed by atoms with Crippen molar-refractivity contribution < 1.29 is 14.3 Å². The number of aryl methyl sites for hydroxylation is 2. The fourth-order valence-electron chi connectivity index (χ4n) is 3.75. The van der Waals surface area contributed by atoms with Crippen molar-refractivity contribution in [2.24, 2.45) is 0 Å². The summed E-state index contributed by atoms with van der Waals surface area (Å²) in [5, 5.41) is 7.68. The molecule has 166 valence electrons. The Balaban J connectivity index is 1.99. The molecule has 0 fully saturated rings. The van der Waals surface area contributed by atoms with Crippen LogP contribution in [0.4, 0.5) is 5.69 Å². The minimum atomic E-state index is -0.435. The van der Waals surface area contributed by atoms with Crippen LogP contribution < -0.4 is 10.1 Å². The molecule has 1 N–H and O–H groups in total. The van der Waals surface area contributed by atoms with Gasteiger partial charge in [0, 0.05) is 25.1 Å². The highest BCUT2D eigenvalue weighted by molar-refractivity contribution is 5.91. The van der Waals surface area contributed by atoms with Crippen molar-refractivity contribution in [3.05, 3.63) is 83.9 Å². The van der Waals surface area contributed by atoms with E-state index in [9.17, 15) is 9.59 Å². The average Bonchev–Trinajstić information content (AvgIpc) is 3.12. The molecule has 0 saturated heterocycles. The van der Waals surface area contributed by atoms with Crippen LogP contribution >= 0.6 is 0 Å². The molecule has 0 unspecified atom stereocenters. The molecule has 4 aromatic rings. The fourth-order valence-corrected chi connectivity index (χ4v) is 3.75. The molecule has 0 atom stereocenters. The van der Waals surface area contributed by atoms with E-state index in [1.807, 2.05) is 80.6 Å². The standard InChI is InChI=1S/C27H25N3O3/c1-17-7-5-9-22(15-17)26-25(21-11-13-23(14-12-21)28-19(3)31)27(33-20(4)32)30(29-26)24-10-6-8-18(2)16-24/h5-16H,1-4H3,(H,28,31). The lowest BCUT2D eigenvalue weighted by Gasteiger charge is -2.10. The van der Waals surface area contributed by atoms with Gasteiger partial charge in [0.05, 0.1) is 11.3 Å². The Hall–Kier alpha value is -4.19. The summed E-state index contributed by atoms with van der Waals surface area (Å²) >= 11 is 0. The van der Waals surface area contributed by atoms with Crippen molar-refractivity contribution in [1.29, 1.82) is 0 Å². The first kappa shape index (κ1) is 22.0. The molecule has 0 aliphatic carbocycles.